The zero-order valence-corrected chi connectivity index (χ0v) is 4.20. The van der Waals surface area contributed by atoms with Gasteiger partial charge in [-0.2, -0.15) is 0 Å². The molecule has 0 unspecified atom stereocenters. The minimum Gasteiger partial charge on any atom is -0.535 e. The highest BCUT2D eigenvalue weighted by Crippen LogP contribution is 1.70. The Morgan fingerprint density at radius 1 is 1.71 bits per heavy atom. The molecule has 0 spiro atoms. The molecule has 0 aliphatic rings. The van der Waals surface area contributed by atoms with Gasteiger partial charge in [-0.3, -0.25) is 7.98 Å². The number of nitrogens with zero attached hydrogens (tertiary/aromatic N) is 2. The first-order valence-corrected chi connectivity index (χ1v) is 2.07. The fourth-order valence-electron chi connectivity index (χ4n) is 0.469. The first-order chi connectivity index (χ1) is 3.29. The first-order valence-electron chi connectivity index (χ1n) is 2.07. The largest absolute Gasteiger partial charge is 0.535 e. The van der Waals surface area contributed by atoms with Crippen molar-refractivity contribution in [1.82, 2.24) is 4.57 Å². The third-order valence-corrected chi connectivity index (χ3v) is 0.789. The molecule has 35 valence electrons. The molecule has 0 aliphatic heterocycles. The summed E-state index contributed by atoms with van der Waals surface area (Å²) in [6.07, 6.45) is 5.43. The van der Waals surface area contributed by atoms with Crippen LogP contribution in [0.4, 0.5) is 0 Å². The molecule has 1 aromatic heterocycles. The lowest BCUT2D eigenvalue weighted by Crippen LogP contribution is -2.27. The van der Waals surface area contributed by atoms with Crippen molar-refractivity contribution in [2.45, 2.75) is 0 Å². The van der Waals surface area contributed by atoms with E-state index in [-0.39, 0.29) is 0 Å². The van der Waals surface area contributed by atoms with Gasteiger partial charge in [-0.1, -0.05) is 0 Å². The molecular formula is C4H6BN2. The van der Waals surface area contributed by atoms with Crippen LogP contribution < -0.4 is 4.48 Å². The normalized spacial score (nSPS) is 9.43. The lowest BCUT2D eigenvalue weighted by atomic mass is 10.4. The van der Waals surface area contributed by atoms with Crippen LogP contribution in [0.5, 0.6) is 0 Å². The molecule has 0 atom stereocenters. The molecule has 0 fully saturated rings. The molecule has 1 aromatic rings. The van der Waals surface area contributed by atoms with Crippen molar-refractivity contribution in [2.24, 2.45) is 7.05 Å². The molecule has 0 aromatic carbocycles. The van der Waals surface area contributed by atoms with Crippen LogP contribution in [0.15, 0.2) is 18.7 Å². The predicted molar refractivity (Wildman–Crippen MR) is 26.8 cm³/mol. The second-order valence-electron chi connectivity index (χ2n) is 1.53. The molecule has 7 heavy (non-hydrogen) atoms. The van der Waals surface area contributed by atoms with Crippen LogP contribution in [0.3, 0.4) is 0 Å². The minimum absolute atomic E-state index is 1.50. The maximum atomic E-state index is 5.27. The third kappa shape index (κ3) is 0.826. The molecule has 0 N–H and O–H groups in total. The van der Waals surface area contributed by atoms with E-state index in [2.05, 4.69) is 0 Å². The van der Waals surface area contributed by atoms with E-state index in [0.29, 0.717) is 0 Å². The van der Waals surface area contributed by atoms with Crippen LogP contribution >= 0.6 is 0 Å². The van der Waals surface area contributed by atoms with Crippen molar-refractivity contribution >= 4 is 7.98 Å². The third-order valence-electron chi connectivity index (χ3n) is 0.789. The molecule has 1 heterocycles. The standard InChI is InChI=1S/C4H6BN2/c1-6-2-3-7(5)4-6/h2-4H,1H3. The van der Waals surface area contributed by atoms with Crippen LogP contribution in [0, 0.1) is 0 Å². The number of aryl methyl sites for hydroxylation is 1. The summed E-state index contributed by atoms with van der Waals surface area (Å²) in [5, 5.41) is 0. The molecular weight excluding hydrogens is 86.9 g/mol. The molecule has 2 nitrogen and oxygen atoms in total. The van der Waals surface area contributed by atoms with Gasteiger partial charge >= 0.3 is 0 Å². The Morgan fingerprint density at radius 2 is 2.43 bits per heavy atom. The van der Waals surface area contributed by atoms with Crippen molar-refractivity contribution < 1.29 is 4.48 Å². The van der Waals surface area contributed by atoms with E-state index in [1.165, 1.54) is 4.48 Å². The Bertz CT molecular complexity index is 142. The zero-order chi connectivity index (χ0) is 5.28. The maximum absolute atomic E-state index is 5.27. The van der Waals surface area contributed by atoms with Gasteiger partial charge in [-0.25, -0.2) is 4.57 Å². The summed E-state index contributed by atoms with van der Waals surface area (Å²) in [5.74, 6) is 0. The van der Waals surface area contributed by atoms with Crippen LogP contribution in [0.1, 0.15) is 0 Å². The van der Waals surface area contributed by atoms with E-state index in [0.717, 1.165) is 0 Å². The highest BCUT2D eigenvalue weighted by atomic mass is 15.0. The molecule has 1 rings (SSSR count). The monoisotopic (exact) mass is 93.1 g/mol. The number of hydrogen-bond donors (Lipinski definition) is 0. The average Bonchev–Trinajstić information content (AvgIpc) is 1.87. The summed E-state index contributed by atoms with van der Waals surface area (Å²) in [6, 6.07) is 0. The van der Waals surface area contributed by atoms with Crippen LogP contribution in [0.2, 0.25) is 0 Å². The zero-order valence-electron chi connectivity index (χ0n) is 4.20. The molecule has 0 aliphatic carbocycles. The van der Waals surface area contributed by atoms with E-state index >= 15 is 0 Å². The average molecular weight is 92.9 g/mol. The SMILES string of the molecule is [B-][n+]1ccn(C)c1. The Morgan fingerprint density at radius 3 is 2.57 bits per heavy atom. The second kappa shape index (κ2) is 1.41. The topological polar surface area (TPSA) is 8.81 Å². The van der Waals surface area contributed by atoms with Gasteiger partial charge in [0.1, 0.15) is 6.20 Å². The molecule has 0 bridgehead atoms. The van der Waals surface area contributed by atoms with Crippen molar-refractivity contribution in [3.63, 3.8) is 0 Å². The van der Waals surface area contributed by atoms with E-state index in [9.17, 15) is 0 Å². The number of hydrogen-bond acceptors (Lipinski definition) is 0. The number of aromatic nitrogens is 2. The quantitative estimate of drug-likeness (QED) is 0.373. The van der Waals surface area contributed by atoms with Gasteiger partial charge in [0.15, 0.2) is 6.33 Å². The summed E-state index contributed by atoms with van der Waals surface area (Å²) in [6.45, 7) is 0. The van der Waals surface area contributed by atoms with Crippen molar-refractivity contribution in [1.29, 1.82) is 0 Å². The summed E-state index contributed by atoms with van der Waals surface area (Å²) in [4.78, 5) is 0. The Labute approximate surface area is 43.8 Å². The fourth-order valence-corrected chi connectivity index (χ4v) is 0.469. The van der Waals surface area contributed by atoms with Crippen molar-refractivity contribution in [2.75, 3.05) is 0 Å². The van der Waals surface area contributed by atoms with E-state index in [4.69, 9.17) is 7.98 Å². The smallest absolute Gasteiger partial charge is 0.188 e. The summed E-state index contributed by atoms with van der Waals surface area (Å²) in [5.41, 5.74) is 0. The predicted octanol–water partition coefficient (Wildman–Crippen LogP) is -0.756. The van der Waals surface area contributed by atoms with Crippen LogP contribution in [-0.2, 0) is 7.05 Å². The second-order valence-corrected chi connectivity index (χ2v) is 1.53. The van der Waals surface area contributed by atoms with Gasteiger partial charge < -0.3 is 4.48 Å². The Balaban J connectivity index is 3.04. The van der Waals surface area contributed by atoms with Gasteiger partial charge in [-0.05, 0) is 0 Å². The van der Waals surface area contributed by atoms with Gasteiger partial charge in [0, 0.05) is 0 Å². The molecule has 0 saturated carbocycles. The molecule has 0 amide bonds. The van der Waals surface area contributed by atoms with Crippen LogP contribution in [0.25, 0.3) is 0 Å². The van der Waals surface area contributed by atoms with Crippen molar-refractivity contribution in [3.8, 4) is 0 Å². The molecule has 3 heteroatoms. The van der Waals surface area contributed by atoms with Crippen molar-refractivity contribution in [3.05, 3.63) is 18.7 Å². The number of imidazole rings is 1. The Hall–Kier alpha value is -0.725. The van der Waals surface area contributed by atoms with Gasteiger partial charge in [0.2, 0.25) is 0 Å². The van der Waals surface area contributed by atoms with Crippen LogP contribution in [-0.4, -0.2) is 12.5 Å². The summed E-state index contributed by atoms with van der Waals surface area (Å²) in [7, 11) is 7.19. The molecule has 3 radical (unpaired) electrons. The van der Waals surface area contributed by atoms with E-state index < -0.39 is 0 Å². The Kier molecular flexibility index (Phi) is 0.892. The first kappa shape index (κ1) is 4.43. The van der Waals surface area contributed by atoms with Gasteiger partial charge in [-0.15, -0.1) is 0 Å². The molecule has 0 saturated heterocycles. The van der Waals surface area contributed by atoms with Gasteiger partial charge in [0.05, 0.1) is 13.2 Å². The highest BCUT2D eigenvalue weighted by Gasteiger charge is 1.79. The lowest BCUT2D eigenvalue weighted by molar-refractivity contribution is -0.520. The number of rotatable bonds is 0. The maximum Gasteiger partial charge on any atom is 0.188 e. The summed E-state index contributed by atoms with van der Waals surface area (Å²) < 4.78 is 3.38. The minimum atomic E-state index is 1.50. The highest BCUT2D eigenvalue weighted by molar-refractivity contribution is 5.94. The summed E-state index contributed by atoms with van der Waals surface area (Å²) >= 11 is 0. The fraction of sp³-hybridized carbons (Fsp3) is 0.250. The lowest BCUT2D eigenvalue weighted by Gasteiger charge is -1.92. The van der Waals surface area contributed by atoms with E-state index in [1.807, 2.05) is 17.8 Å². The van der Waals surface area contributed by atoms with Gasteiger partial charge in [0.25, 0.3) is 0 Å². The van der Waals surface area contributed by atoms with E-state index in [1.54, 1.807) is 12.5 Å².